The Labute approximate surface area is 161 Å². The average molecular weight is 412 g/mol. The van der Waals surface area contributed by atoms with Crippen molar-refractivity contribution in [3.05, 3.63) is 53.6 Å². The van der Waals surface area contributed by atoms with Crippen molar-refractivity contribution in [1.82, 2.24) is 4.31 Å². The number of fused-ring (bicyclic) bond motifs is 1. The standard InChI is InChI=1S/C19H19F3N2O3S/c20-19(21,22)15-2-1-3-16(13-15)23-7-9-24(10-8-23)28(25,26)17-4-5-18-14(12-17)6-11-27-18/h1-5,12-13H,6-11H2. The van der Waals surface area contributed by atoms with Gasteiger partial charge in [0, 0.05) is 38.3 Å². The van der Waals surface area contributed by atoms with Crippen molar-refractivity contribution in [1.29, 1.82) is 0 Å². The molecule has 4 rings (SSSR count). The summed E-state index contributed by atoms with van der Waals surface area (Å²) in [4.78, 5) is 2.00. The van der Waals surface area contributed by atoms with E-state index in [0.717, 1.165) is 17.7 Å². The Hall–Kier alpha value is -2.26. The van der Waals surface area contributed by atoms with Crippen LogP contribution in [0.1, 0.15) is 11.1 Å². The summed E-state index contributed by atoms with van der Waals surface area (Å²) < 4.78 is 71.4. The molecule has 2 heterocycles. The minimum absolute atomic E-state index is 0.214. The molecule has 0 atom stereocenters. The highest BCUT2D eigenvalue weighted by atomic mass is 32.2. The number of anilines is 1. The number of hydrogen-bond donors (Lipinski definition) is 0. The fourth-order valence-corrected chi connectivity index (χ4v) is 5.01. The number of ether oxygens (including phenoxy) is 1. The molecule has 2 aliphatic heterocycles. The summed E-state index contributed by atoms with van der Waals surface area (Å²) in [6.07, 6.45) is -3.72. The molecule has 28 heavy (non-hydrogen) atoms. The fourth-order valence-electron chi connectivity index (χ4n) is 3.54. The molecular formula is C19H19F3N2O3S. The molecule has 5 nitrogen and oxygen atoms in total. The molecule has 2 aromatic rings. The van der Waals surface area contributed by atoms with Gasteiger partial charge in [0.25, 0.3) is 0 Å². The van der Waals surface area contributed by atoms with E-state index in [1.165, 1.54) is 10.4 Å². The molecule has 1 saturated heterocycles. The van der Waals surface area contributed by atoms with Gasteiger partial charge in [-0.15, -0.1) is 0 Å². The Bertz CT molecular complexity index is 984. The summed E-state index contributed by atoms with van der Waals surface area (Å²) in [6, 6.07) is 9.98. The molecule has 9 heteroatoms. The summed E-state index contributed by atoms with van der Waals surface area (Å²) in [5.74, 6) is 0.716. The second kappa shape index (κ2) is 6.97. The number of halogens is 3. The smallest absolute Gasteiger partial charge is 0.416 e. The molecule has 2 aromatic carbocycles. The van der Waals surface area contributed by atoms with Crippen LogP contribution in [0.2, 0.25) is 0 Å². The molecular weight excluding hydrogens is 393 g/mol. The van der Waals surface area contributed by atoms with Crippen LogP contribution >= 0.6 is 0 Å². The second-order valence-corrected chi connectivity index (χ2v) is 8.75. The molecule has 0 saturated carbocycles. The Morgan fingerprint density at radius 2 is 1.71 bits per heavy atom. The highest BCUT2D eigenvalue weighted by Gasteiger charge is 2.32. The molecule has 0 aromatic heterocycles. The highest BCUT2D eigenvalue weighted by Crippen LogP contribution is 2.33. The number of benzene rings is 2. The van der Waals surface area contributed by atoms with Crippen molar-refractivity contribution in [2.24, 2.45) is 0 Å². The Balaban J connectivity index is 1.48. The molecule has 0 amide bonds. The third kappa shape index (κ3) is 3.56. The number of nitrogens with zero attached hydrogens (tertiary/aromatic N) is 2. The SMILES string of the molecule is O=S(=O)(c1ccc2c(c1)CCO2)N1CCN(c2cccc(C(F)(F)F)c2)CC1. The molecule has 0 spiro atoms. The van der Waals surface area contributed by atoms with Crippen molar-refractivity contribution in [3.63, 3.8) is 0 Å². The van der Waals surface area contributed by atoms with E-state index in [4.69, 9.17) is 4.74 Å². The van der Waals surface area contributed by atoms with Gasteiger partial charge >= 0.3 is 6.18 Å². The zero-order valence-electron chi connectivity index (χ0n) is 14.9. The summed E-state index contributed by atoms with van der Waals surface area (Å²) >= 11 is 0. The first kappa shape index (κ1) is 19.1. The van der Waals surface area contributed by atoms with Crippen LogP contribution in [-0.2, 0) is 22.6 Å². The van der Waals surface area contributed by atoms with Gasteiger partial charge in [0.2, 0.25) is 10.0 Å². The van der Waals surface area contributed by atoms with Crippen LogP contribution in [0.3, 0.4) is 0 Å². The fraction of sp³-hybridized carbons (Fsp3) is 0.368. The molecule has 2 aliphatic rings. The molecule has 150 valence electrons. The van der Waals surface area contributed by atoms with Crippen LogP contribution in [0, 0.1) is 0 Å². The average Bonchev–Trinajstić information content (AvgIpc) is 3.15. The predicted octanol–water partition coefficient (Wildman–Crippen LogP) is 3.15. The maximum absolute atomic E-state index is 12.9. The minimum Gasteiger partial charge on any atom is -0.493 e. The van der Waals surface area contributed by atoms with Crippen LogP contribution in [0.15, 0.2) is 47.4 Å². The van der Waals surface area contributed by atoms with Crippen LogP contribution in [0.25, 0.3) is 0 Å². The van der Waals surface area contributed by atoms with Gasteiger partial charge in [-0.25, -0.2) is 8.42 Å². The molecule has 0 bridgehead atoms. The monoisotopic (exact) mass is 412 g/mol. The van der Waals surface area contributed by atoms with Crippen LogP contribution < -0.4 is 9.64 Å². The number of sulfonamides is 1. The van der Waals surface area contributed by atoms with Crippen molar-refractivity contribution in [2.45, 2.75) is 17.5 Å². The van der Waals surface area contributed by atoms with Crippen LogP contribution in [-0.4, -0.2) is 45.5 Å². The number of hydrogen-bond acceptors (Lipinski definition) is 4. The van der Waals surface area contributed by atoms with Crippen molar-refractivity contribution >= 4 is 15.7 Å². The quantitative estimate of drug-likeness (QED) is 0.777. The zero-order chi connectivity index (χ0) is 19.9. The Morgan fingerprint density at radius 3 is 2.43 bits per heavy atom. The minimum atomic E-state index is -4.40. The maximum atomic E-state index is 12.9. The van der Waals surface area contributed by atoms with Gasteiger partial charge in [-0.1, -0.05) is 6.07 Å². The zero-order valence-corrected chi connectivity index (χ0v) is 15.8. The lowest BCUT2D eigenvalue weighted by atomic mass is 10.1. The van der Waals surface area contributed by atoms with E-state index in [1.54, 1.807) is 29.2 Å². The maximum Gasteiger partial charge on any atom is 0.416 e. The Kier molecular flexibility index (Phi) is 4.75. The van der Waals surface area contributed by atoms with Crippen molar-refractivity contribution < 1.29 is 26.3 Å². The van der Waals surface area contributed by atoms with E-state index in [9.17, 15) is 21.6 Å². The summed E-state index contributed by atoms with van der Waals surface area (Å²) in [5, 5.41) is 0. The first-order chi connectivity index (χ1) is 13.2. The summed E-state index contributed by atoms with van der Waals surface area (Å²) in [6.45, 7) is 1.63. The van der Waals surface area contributed by atoms with Gasteiger partial charge < -0.3 is 9.64 Å². The van der Waals surface area contributed by atoms with E-state index < -0.39 is 21.8 Å². The largest absolute Gasteiger partial charge is 0.493 e. The molecule has 0 N–H and O–H groups in total. The first-order valence-corrected chi connectivity index (χ1v) is 10.4. The van der Waals surface area contributed by atoms with E-state index in [2.05, 4.69) is 0 Å². The molecule has 0 unspecified atom stereocenters. The predicted molar refractivity (Wildman–Crippen MR) is 98.1 cm³/mol. The summed E-state index contributed by atoms with van der Waals surface area (Å²) in [5.41, 5.74) is 0.616. The van der Waals surface area contributed by atoms with Crippen molar-refractivity contribution in [2.75, 3.05) is 37.7 Å². The lowest BCUT2D eigenvalue weighted by Gasteiger charge is -2.35. The third-order valence-corrected chi connectivity index (χ3v) is 6.97. The van der Waals surface area contributed by atoms with Gasteiger partial charge in [-0.05, 0) is 42.0 Å². The van der Waals surface area contributed by atoms with Gasteiger partial charge in [-0.2, -0.15) is 17.5 Å². The van der Waals surface area contributed by atoms with E-state index >= 15 is 0 Å². The number of alkyl halides is 3. The number of rotatable bonds is 3. The van der Waals surface area contributed by atoms with Crippen LogP contribution in [0.5, 0.6) is 5.75 Å². The lowest BCUT2D eigenvalue weighted by Crippen LogP contribution is -2.48. The van der Waals surface area contributed by atoms with Gasteiger partial charge in [-0.3, -0.25) is 0 Å². The van der Waals surface area contributed by atoms with E-state index in [0.29, 0.717) is 37.6 Å². The number of piperazine rings is 1. The first-order valence-electron chi connectivity index (χ1n) is 8.93. The highest BCUT2D eigenvalue weighted by molar-refractivity contribution is 7.89. The lowest BCUT2D eigenvalue weighted by molar-refractivity contribution is -0.137. The topological polar surface area (TPSA) is 49.9 Å². The summed E-state index contributed by atoms with van der Waals surface area (Å²) in [7, 11) is -3.65. The Morgan fingerprint density at radius 1 is 0.964 bits per heavy atom. The van der Waals surface area contributed by atoms with E-state index in [1.807, 2.05) is 0 Å². The van der Waals surface area contributed by atoms with Crippen LogP contribution in [0.4, 0.5) is 18.9 Å². The molecule has 0 aliphatic carbocycles. The normalized spacial score (nSPS) is 18.0. The van der Waals surface area contributed by atoms with Gasteiger partial charge in [0.15, 0.2) is 0 Å². The second-order valence-electron chi connectivity index (χ2n) is 6.81. The van der Waals surface area contributed by atoms with Gasteiger partial charge in [0.05, 0.1) is 17.1 Å². The molecule has 0 radical (unpaired) electrons. The van der Waals surface area contributed by atoms with Crippen molar-refractivity contribution in [3.8, 4) is 5.75 Å². The molecule has 1 fully saturated rings. The van der Waals surface area contributed by atoms with Gasteiger partial charge in [0.1, 0.15) is 5.75 Å². The third-order valence-electron chi connectivity index (χ3n) is 5.08. The van der Waals surface area contributed by atoms with E-state index in [-0.39, 0.29) is 18.0 Å².